The fraction of sp³-hybridized carbons (Fsp3) is 0.375. The molecule has 2 aromatic rings. The molecule has 0 saturated carbocycles. The highest BCUT2D eigenvalue weighted by Crippen LogP contribution is 2.20. The molecule has 1 aliphatic heterocycles. The van der Waals surface area contributed by atoms with Crippen LogP contribution in [0.25, 0.3) is 11.4 Å². The third-order valence-electron chi connectivity index (χ3n) is 3.86. The van der Waals surface area contributed by atoms with Crippen molar-refractivity contribution in [1.29, 1.82) is 0 Å². The number of hydrogen-bond acceptors (Lipinski definition) is 3. The van der Waals surface area contributed by atoms with E-state index in [1.807, 2.05) is 24.3 Å². The van der Waals surface area contributed by atoms with E-state index in [0.29, 0.717) is 12.3 Å². The number of imidazole rings is 1. The van der Waals surface area contributed by atoms with Crippen LogP contribution in [0.5, 0.6) is 0 Å². The minimum atomic E-state index is 0.0819. The summed E-state index contributed by atoms with van der Waals surface area (Å²) in [5.74, 6) is 1.53. The quantitative estimate of drug-likeness (QED) is 0.789. The van der Waals surface area contributed by atoms with Gasteiger partial charge in [0.05, 0.1) is 0 Å². The van der Waals surface area contributed by atoms with Crippen LogP contribution in [0.2, 0.25) is 0 Å². The SMILES string of the molecule is O=C(CCC1CCNC1)Nc1cccc(-c2ncc[nH]2)c1. The van der Waals surface area contributed by atoms with Gasteiger partial charge >= 0.3 is 0 Å². The van der Waals surface area contributed by atoms with Crippen LogP contribution in [0.1, 0.15) is 19.3 Å². The first kappa shape index (κ1) is 13.8. The zero-order valence-corrected chi connectivity index (χ0v) is 11.9. The van der Waals surface area contributed by atoms with Crippen molar-refractivity contribution < 1.29 is 4.79 Å². The zero-order chi connectivity index (χ0) is 14.5. The number of rotatable bonds is 5. The molecule has 0 aliphatic carbocycles. The second-order valence-corrected chi connectivity index (χ2v) is 5.46. The summed E-state index contributed by atoms with van der Waals surface area (Å²) in [6, 6.07) is 7.74. The molecular formula is C16H20N4O. The molecule has 1 aromatic heterocycles. The fourth-order valence-electron chi connectivity index (χ4n) is 2.69. The lowest BCUT2D eigenvalue weighted by atomic mass is 10.0. The van der Waals surface area contributed by atoms with Gasteiger partial charge in [0.25, 0.3) is 0 Å². The van der Waals surface area contributed by atoms with Crippen LogP contribution >= 0.6 is 0 Å². The van der Waals surface area contributed by atoms with E-state index in [-0.39, 0.29) is 5.91 Å². The number of benzene rings is 1. The Morgan fingerprint density at radius 1 is 1.43 bits per heavy atom. The van der Waals surface area contributed by atoms with E-state index >= 15 is 0 Å². The largest absolute Gasteiger partial charge is 0.345 e. The molecule has 1 aliphatic rings. The third kappa shape index (κ3) is 3.70. The summed E-state index contributed by atoms with van der Waals surface area (Å²) in [6.45, 7) is 2.12. The summed E-state index contributed by atoms with van der Waals surface area (Å²) in [5.41, 5.74) is 1.79. The second-order valence-electron chi connectivity index (χ2n) is 5.46. The Morgan fingerprint density at radius 3 is 3.14 bits per heavy atom. The van der Waals surface area contributed by atoms with E-state index in [1.165, 1.54) is 6.42 Å². The first-order chi connectivity index (χ1) is 10.3. The van der Waals surface area contributed by atoms with Crippen LogP contribution < -0.4 is 10.6 Å². The highest BCUT2D eigenvalue weighted by molar-refractivity contribution is 5.91. The Hall–Kier alpha value is -2.14. The highest BCUT2D eigenvalue weighted by atomic mass is 16.1. The number of aromatic amines is 1. The number of carbonyl (C=O) groups excluding carboxylic acids is 1. The first-order valence-electron chi connectivity index (χ1n) is 7.41. The lowest BCUT2D eigenvalue weighted by Gasteiger charge is -2.09. The van der Waals surface area contributed by atoms with Gasteiger partial charge in [-0.1, -0.05) is 12.1 Å². The van der Waals surface area contributed by atoms with E-state index in [9.17, 15) is 4.79 Å². The number of hydrogen-bond donors (Lipinski definition) is 3. The predicted molar refractivity (Wildman–Crippen MR) is 82.9 cm³/mol. The van der Waals surface area contributed by atoms with Gasteiger partial charge in [-0.05, 0) is 44.0 Å². The Bertz CT molecular complexity index is 588. The van der Waals surface area contributed by atoms with Crippen LogP contribution in [0.3, 0.4) is 0 Å². The minimum Gasteiger partial charge on any atom is -0.345 e. The second kappa shape index (κ2) is 6.54. The summed E-state index contributed by atoms with van der Waals surface area (Å²) in [6.07, 6.45) is 6.22. The topological polar surface area (TPSA) is 69.8 Å². The van der Waals surface area contributed by atoms with Gasteiger partial charge in [0.1, 0.15) is 5.82 Å². The molecule has 3 N–H and O–H groups in total. The standard InChI is InChI=1S/C16H20N4O/c21-15(5-4-12-6-7-17-11-12)20-14-3-1-2-13(10-14)16-18-8-9-19-16/h1-3,8-10,12,17H,4-7,11H2,(H,18,19)(H,20,21). The molecule has 110 valence electrons. The summed E-state index contributed by atoms with van der Waals surface area (Å²) in [4.78, 5) is 19.3. The fourth-order valence-corrected chi connectivity index (χ4v) is 2.69. The number of amides is 1. The third-order valence-corrected chi connectivity index (χ3v) is 3.86. The van der Waals surface area contributed by atoms with E-state index in [0.717, 1.165) is 36.6 Å². The molecule has 1 aromatic carbocycles. The van der Waals surface area contributed by atoms with Gasteiger partial charge in [-0.3, -0.25) is 4.79 Å². The van der Waals surface area contributed by atoms with Crippen molar-refractivity contribution in [3.05, 3.63) is 36.7 Å². The number of anilines is 1. The van der Waals surface area contributed by atoms with Crippen LogP contribution in [-0.2, 0) is 4.79 Å². The average molecular weight is 284 g/mol. The van der Waals surface area contributed by atoms with E-state index in [1.54, 1.807) is 12.4 Å². The summed E-state index contributed by atoms with van der Waals surface area (Å²) in [7, 11) is 0. The molecule has 3 rings (SSSR count). The predicted octanol–water partition coefficient (Wildman–Crippen LogP) is 2.40. The summed E-state index contributed by atoms with van der Waals surface area (Å²) < 4.78 is 0. The lowest BCUT2D eigenvalue weighted by molar-refractivity contribution is -0.116. The Morgan fingerprint density at radius 2 is 2.38 bits per heavy atom. The lowest BCUT2D eigenvalue weighted by Crippen LogP contribution is -2.15. The molecular weight excluding hydrogens is 264 g/mol. The van der Waals surface area contributed by atoms with E-state index in [2.05, 4.69) is 20.6 Å². The molecule has 1 saturated heterocycles. The van der Waals surface area contributed by atoms with Crippen molar-refractivity contribution in [1.82, 2.24) is 15.3 Å². The van der Waals surface area contributed by atoms with Gasteiger partial charge in [0, 0.05) is 30.1 Å². The molecule has 5 nitrogen and oxygen atoms in total. The van der Waals surface area contributed by atoms with Gasteiger partial charge in [-0.2, -0.15) is 0 Å². The molecule has 1 unspecified atom stereocenters. The van der Waals surface area contributed by atoms with E-state index in [4.69, 9.17) is 0 Å². The summed E-state index contributed by atoms with van der Waals surface area (Å²) >= 11 is 0. The number of aromatic nitrogens is 2. The monoisotopic (exact) mass is 284 g/mol. The molecule has 0 radical (unpaired) electrons. The van der Waals surface area contributed by atoms with Gasteiger partial charge in [0.15, 0.2) is 0 Å². The maximum absolute atomic E-state index is 12.0. The van der Waals surface area contributed by atoms with Crippen molar-refractivity contribution in [3.8, 4) is 11.4 Å². The maximum atomic E-state index is 12.0. The van der Waals surface area contributed by atoms with Gasteiger partial charge in [0.2, 0.25) is 5.91 Å². The smallest absolute Gasteiger partial charge is 0.224 e. The molecule has 1 fully saturated rings. The van der Waals surface area contributed by atoms with Crippen molar-refractivity contribution >= 4 is 11.6 Å². The molecule has 21 heavy (non-hydrogen) atoms. The Labute approximate surface area is 124 Å². The molecule has 0 spiro atoms. The number of H-pyrrole nitrogens is 1. The van der Waals surface area contributed by atoms with Gasteiger partial charge < -0.3 is 15.6 Å². The summed E-state index contributed by atoms with van der Waals surface area (Å²) in [5, 5.41) is 6.29. The van der Waals surface area contributed by atoms with E-state index < -0.39 is 0 Å². The molecule has 0 bridgehead atoms. The maximum Gasteiger partial charge on any atom is 0.224 e. The number of carbonyl (C=O) groups is 1. The average Bonchev–Trinajstić information content (AvgIpc) is 3.19. The molecule has 1 atom stereocenters. The minimum absolute atomic E-state index is 0.0819. The van der Waals surface area contributed by atoms with Crippen LogP contribution in [0.15, 0.2) is 36.7 Å². The van der Waals surface area contributed by atoms with Crippen molar-refractivity contribution in [2.24, 2.45) is 5.92 Å². The normalized spacial score (nSPS) is 17.8. The zero-order valence-electron chi connectivity index (χ0n) is 11.9. The van der Waals surface area contributed by atoms with Crippen LogP contribution in [0, 0.1) is 5.92 Å². The van der Waals surface area contributed by atoms with Gasteiger partial charge in [-0.25, -0.2) is 4.98 Å². The molecule has 2 heterocycles. The number of nitrogens with zero attached hydrogens (tertiary/aromatic N) is 1. The van der Waals surface area contributed by atoms with Crippen molar-refractivity contribution in [3.63, 3.8) is 0 Å². The molecule has 5 heteroatoms. The highest BCUT2D eigenvalue weighted by Gasteiger charge is 2.15. The Balaban J connectivity index is 1.56. The Kier molecular flexibility index (Phi) is 4.31. The first-order valence-corrected chi connectivity index (χ1v) is 7.41. The number of nitrogens with one attached hydrogen (secondary N) is 3. The van der Waals surface area contributed by atoms with Crippen LogP contribution in [0.4, 0.5) is 5.69 Å². The van der Waals surface area contributed by atoms with Crippen molar-refractivity contribution in [2.75, 3.05) is 18.4 Å². The molecule has 1 amide bonds. The van der Waals surface area contributed by atoms with Gasteiger partial charge in [-0.15, -0.1) is 0 Å². The van der Waals surface area contributed by atoms with Crippen molar-refractivity contribution in [2.45, 2.75) is 19.3 Å². The van der Waals surface area contributed by atoms with Crippen LogP contribution in [-0.4, -0.2) is 29.0 Å².